The molecule has 0 radical (unpaired) electrons. The molecule has 1 saturated heterocycles. The van der Waals surface area contributed by atoms with Crippen LogP contribution in [0.25, 0.3) is 11.4 Å². The number of ether oxygens (including phenoxy) is 2. The second kappa shape index (κ2) is 9.55. The molecular formula is C24H27N3O6S. The molecule has 0 amide bonds. The van der Waals surface area contributed by atoms with Crippen LogP contribution in [0, 0.1) is 20.8 Å². The van der Waals surface area contributed by atoms with Crippen LogP contribution in [0.3, 0.4) is 0 Å². The highest BCUT2D eigenvalue weighted by Crippen LogP contribution is 2.31. The van der Waals surface area contributed by atoms with Gasteiger partial charge < -0.3 is 14.0 Å². The minimum Gasteiger partial charge on any atom is -0.497 e. The van der Waals surface area contributed by atoms with Gasteiger partial charge in [-0.2, -0.15) is 9.29 Å². The minimum absolute atomic E-state index is 0.115. The Hall–Kier alpha value is -3.24. The van der Waals surface area contributed by atoms with Crippen LogP contribution in [0.2, 0.25) is 0 Å². The van der Waals surface area contributed by atoms with Gasteiger partial charge in [0, 0.05) is 12.1 Å². The van der Waals surface area contributed by atoms with Crippen LogP contribution in [0.15, 0.2) is 45.8 Å². The summed E-state index contributed by atoms with van der Waals surface area (Å²) in [4.78, 5) is 17.4. The molecule has 0 saturated carbocycles. The number of aryl methyl sites for hydroxylation is 3. The molecule has 1 aromatic heterocycles. The van der Waals surface area contributed by atoms with E-state index in [2.05, 4.69) is 10.1 Å². The lowest BCUT2D eigenvalue weighted by molar-refractivity contribution is -0.149. The summed E-state index contributed by atoms with van der Waals surface area (Å²) in [7, 11) is -2.30. The van der Waals surface area contributed by atoms with Crippen molar-refractivity contribution in [1.29, 1.82) is 0 Å². The first-order valence-electron chi connectivity index (χ1n) is 10.9. The van der Waals surface area contributed by atoms with Crippen LogP contribution in [-0.4, -0.2) is 48.5 Å². The number of benzene rings is 2. The van der Waals surface area contributed by atoms with Crippen LogP contribution >= 0.6 is 0 Å². The average Bonchev–Trinajstić information content (AvgIpc) is 3.47. The number of hydrogen-bond acceptors (Lipinski definition) is 8. The van der Waals surface area contributed by atoms with Gasteiger partial charge in [0.25, 0.3) is 5.89 Å². The molecule has 34 heavy (non-hydrogen) atoms. The van der Waals surface area contributed by atoms with Crippen molar-refractivity contribution in [1.82, 2.24) is 14.4 Å². The summed E-state index contributed by atoms with van der Waals surface area (Å²) in [5, 5.41) is 3.92. The lowest BCUT2D eigenvalue weighted by Gasteiger charge is -2.24. The molecule has 1 fully saturated rings. The van der Waals surface area contributed by atoms with Crippen LogP contribution in [0.5, 0.6) is 5.75 Å². The van der Waals surface area contributed by atoms with E-state index in [1.54, 1.807) is 45.2 Å². The van der Waals surface area contributed by atoms with Gasteiger partial charge in [-0.1, -0.05) is 35.0 Å². The molecule has 0 N–H and O–H groups in total. The third-order valence-electron chi connectivity index (χ3n) is 5.78. The van der Waals surface area contributed by atoms with E-state index >= 15 is 0 Å². The van der Waals surface area contributed by atoms with E-state index in [4.69, 9.17) is 14.0 Å². The van der Waals surface area contributed by atoms with Gasteiger partial charge in [-0.05, 0) is 56.9 Å². The fraction of sp³-hybridized carbons (Fsp3) is 0.375. The molecule has 2 heterocycles. The summed E-state index contributed by atoms with van der Waals surface area (Å²) in [5.74, 6) is 0.464. The molecule has 0 aliphatic carbocycles. The standard InChI is InChI=1S/C24H27N3O6S/c1-15-11-16(2)22(17(3)12-15)34(29,30)27-10-6-9-20(27)24(28)32-14-21-25-23(26-33-21)18-7-5-8-19(13-18)31-4/h5,7-8,11-13,20H,6,9-10,14H2,1-4H3. The van der Waals surface area contributed by atoms with Crippen LogP contribution in [0.1, 0.15) is 35.4 Å². The maximum absolute atomic E-state index is 13.5. The van der Waals surface area contributed by atoms with Gasteiger partial charge in [-0.25, -0.2) is 8.42 Å². The predicted octanol–water partition coefficient (Wildman–Crippen LogP) is 3.57. The highest BCUT2D eigenvalue weighted by atomic mass is 32.2. The van der Waals surface area contributed by atoms with E-state index in [9.17, 15) is 13.2 Å². The van der Waals surface area contributed by atoms with Gasteiger partial charge in [0.15, 0.2) is 6.61 Å². The molecule has 1 unspecified atom stereocenters. The fourth-order valence-corrected chi connectivity index (χ4v) is 6.44. The Morgan fingerprint density at radius 1 is 1.18 bits per heavy atom. The van der Waals surface area contributed by atoms with Crippen molar-refractivity contribution in [3.8, 4) is 17.1 Å². The van der Waals surface area contributed by atoms with Crippen molar-refractivity contribution in [3.05, 3.63) is 59.0 Å². The molecular weight excluding hydrogens is 458 g/mol. The summed E-state index contributed by atoms with van der Waals surface area (Å²) in [5.41, 5.74) is 3.00. The predicted molar refractivity (Wildman–Crippen MR) is 124 cm³/mol. The van der Waals surface area contributed by atoms with Crippen molar-refractivity contribution in [2.75, 3.05) is 13.7 Å². The second-order valence-electron chi connectivity index (χ2n) is 8.35. The summed E-state index contributed by atoms with van der Waals surface area (Å²) in [6.45, 7) is 5.47. The van der Waals surface area contributed by atoms with Crippen molar-refractivity contribution < 1.29 is 27.2 Å². The number of hydrogen-bond donors (Lipinski definition) is 0. The molecule has 9 nitrogen and oxygen atoms in total. The number of carbonyl (C=O) groups excluding carboxylic acids is 1. The molecule has 1 atom stereocenters. The molecule has 3 aromatic rings. The van der Waals surface area contributed by atoms with Crippen molar-refractivity contribution in [2.45, 2.75) is 51.2 Å². The molecule has 4 rings (SSSR count). The molecule has 1 aliphatic heterocycles. The lowest BCUT2D eigenvalue weighted by Crippen LogP contribution is -2.41. The summed E-state index contributed by atoms with van der Waals surface area (Å²) in [6, 6.07) is 9.93. The van der Waals surface area contributed by atoms with Crippen molar-refractivity contribution >= 4 is 16.0 Å². The zero-order valence-corrected chi connectivity index (χ0v) is 20.4. The van der Waals surface area contributed by atoms with Crippen LogP contribution < -0.4 is 4.74 Å². The Kier molecular flexibility index (Phi) is 6.72. The molecule has 180 valence electrons. The van der Waals surface area contributed by atoms with Gasteiger partial charge in [-0.3, -0.25) is 4.79 Å². The third-order valence-corrected chi connectivity index (χ3v) is 8.00. The SMILES string of the molecule is COc1cccc(-c2noc(COC(=O)C3CCCN3S(=O)(=O)c3c(C)cc(C)cc3C)n2)c1. The van der Waals surface area contributed by atoms with Gasteiger partial charge in [-0.15, -0.1) is 0 Å². The van der Waals surface area contributed by atoms with Gasteiger partial charge in [0.1, 0.15) is 11.8 Å². The van der Waals surface area contributed by atoms with Gasteiger partial charge in [0.05, 0.1) is 12.0 Å². The number of rotatable bonds is 7. The number of methoxy groups -OCH3 is 1. The number of esters is 1. The van der Waals surface area contributed by atoms with Gasteiger partial charge in [0.2, 0.25) is 15.8 Å². The van der Waals surface area contributed by atoms with E-state index in [0.717, 1.165) is 5.56 Å². The number of carbonyl (C=O) groups is 1. The average molecular weight is 486 g/mol. The van der Waals surface area contributed by atoms with Gasteiger partial charge >= 0.3 is 5.97 Å². The van der Waals surface area contributed by atoms with E-state index in [0.29, 0.717) is 41.1 Å². The van der Waals surface area contributed by atoms with E-state index in [1.807, 2.05) is 19.1 Å². The van der Waals surface area contributed by atoms with Crippen LogP contribution in [-0.2, 0) is 26.2 Å². The Bertz CT molecular complexity index is 1290. The highest BCUT2D eigenvalue weighted by Gasteiger charge is 2.41. The first-order valence-corrected chi connectivity index (χ1v) is 12.4. The Labute approximate surface area is 198 Å². The zero-order valence-electron chi connectivity index (χ0n) is 19.6. The first kappa shape index (κ1) is 23.9. The van der Waals surface area contributed by atoms with Crippen molar-refractivity contribution in [3.63, 3.8) is 0 Å². The molecule has 0 bridgehead atoms. The van der Waals surface area contributed by atoms with E-state index in [1.165, 1.54) is 4.31 Å². The second-order valence-corrected chi connectivity index (χ2v) is 10.2. The lowest BCUT2D eigenvalue weighted by atomic mass is 10.1. The summed E-state index contributed by atoms with van der Waals surface area (Å²) >= 11 is 0. The maximum Gasteiger partial charge on any atom is 0.324 e. The quantitative estimate of drug-likeness (QED) is 0.467. The summed E-state index contributed by atoms with van der Waals surface area (Å²) in [6.07, 6.45) is 0.963. The van der Waals surface area contributed by atoms with Crippen LogP contribution in [0.4, 0.5) is 0 Å². The molecule has 1 aliphatic rings. The zero-order chi connectivity index (χ0) is 24.5. The maximum atomic E-state index is 13.5. The largest absolute Gasteiger partial charge is 0.497 e. The molecule has 0 spiro atoms. The monoisotopic (exact) mass is 485 g/mol. The highest BCUT2D eigenvalue weighted by molar-refractivity contribution is 7.89. The number of aromatic nitrogens is 2. The van der Waals surface area contributed by atoms with Crippen molar-refractivity contribution in [2.24, 2.45) is 0 Å². The Morgan fingerprint density at radius 3 is 2.62 bits per heavy atom. The molecule has 2 aromatic carbocycles. The molecule has 10 heteroatoms. The Morgan fingerprint density at radius 2 is 1.91 bits per heavy atom. The normalized spacial score (nSPS) is 16.5. The Balaban J connectivity index is 1.47. The fourth-order valence-electron chi connectivity index (χ4n) is 4.38. The van der Waals surface area contributed by atoms with E-state index in [-0.39, 0.29) is 23.9 Å². The minimum atomic E-state index is -3.86. The number of sulfonamides is 1. The first-order chi connectivity index (χ1) is 16.2. The summed E-state index contributed by atoms with van der Waals surface area (Å²) < 4.78 is 43.9. The third kappa shape index (κ3) is 4.69. The van der Waals surface area contributed by atoms with E-state index < -0.39 is 22.0 Å². The topological polar surface area (TPSA) is 112 Å². The smallest absolute Gasteiger partial charge is 0.324 e. The number of nitrogens with zero attached hydrogens (tertiary/aromatic N) is 3.